The highest BCUT2D eigenvalue weighted by molar-refractivity contribution is 7.89. The summed E-state index contributed by atoms with van der Waals surface area (Å²) in [5.41, 5.74) is -1.71. The maximum atomic E-state index is 13.1. The Morgan fingerprint density at radius 2 is 1.90 bits per heavy atom. The second kappa shape index (κ2) is 4.52. The van der Waals surface area contributed by atoms with Crippen molar-refractivity contribution in [2.45, 2.75) is 11.3 Å². The quantitative estimate of drug-likeness (QED) is 0.816. The molecule has 0 atom stereocenters. The average Bonchev–Trinajstić information content (AvgIpc) is 2.77. The van der Waals surface area contributed by atoms with Gasteiger partial charge in [-0.05, 0) is 18.2 Å². The number of alkyl halides is 3. The van der Waals surface area contributed by atoms with Crippen molar-refractivity contribution in [2.75, 3.05) is 0 Å². The number of H-pyrrole nitrogens is 1. The van der Waals surface area contributed by atoms with Gasteiger partial charge < -0.3 is 0 Å². The summed E-state index contributed by atoms with van der Waals surface area (Å²) in [6.07, 6.45) is -4.89. The second-order valence-electron chi connectivity index (χ2n) is 3.70. The van der Waals surface area contributed by atoms with Crippen LogP contribution in [-0.4, -0.2) is 23.6 Å². The molecule has 0 radical (unpaired) electrons. The monoisotopic (exact) mass is 310 g/mol. The first-order chi connectivity index (χ1) is 9.09. The van der Waals surface area contributed by atoms with Gasteiger partial charge in [-0.3, -0.25) is 0 Å². The Kier molecular flexibility index (Phi) is 3.26. The van der Waals surface area contributed by atoms with E-state index in [1.54, 1.807) is 0 Å². The van der Waals surface area contributed by atoms with Crippen molar-refractivity contribution in [1.82, 2.24) is 15.2 Å². The van der Waals surface area contributed by atoms with Crippen LogP contribution in [0.25, 0.3) is 11.4 Å². The van der Waals surface area contributed by atoms with Gasteiger partial charge in [0.1, 0.15) is 5.82 Å². The van der Waals surface area contributed by atoms with Gasteiger partial charge in [0.05, 0.1) is 5.56 Å². The maximum Gasteiger partial charge on any atom is 0.419 e. The highest BCUT2D eigenvalue weighted by Crippen LogP contribution is 2.33. The van der Waals surface area contributed by atoms with Crippen molar-refractivity contribution < 1.29 is 26.0 Å². The summed E-state index contributed by atoms with van der Waals surface area (Å²) < 4.78 is 72.6. The lowest BCUT2D eigenvalue weighted by molar-refractivity contribution is -0.139. The Morgan fingerprint density at radius 1 is 1.25 bits per heavy atom. The van der Waals surface area contributed by atoms with Crippen LogP contribution in [-0.2, 0) is 16.2 Å². The van der Waals surface area contributed by atoms with Crippen LogP contribution in [0.15, 0.2) is 23.4 Å². The highest BCUT2D eigenvalue weighted by atomic mass is 32.2. The summed E-state index contributed by atoms with van der Waals surface area (Å²) in [5.74, 6) is -1.80. The summed E-state index contributed by atoms with van der Waals surface area (Å²) in [5, 5.41) is 9.46. The second-order valence-corrected chi connectivity index (χ2v) is 5.18. The van der Waals surface area contributed by atoms with Crippen LogP contribution < -0.4 is 5.14 Å². The summed E-state index contributed by atoms with van der Waals surface area (Å²) in [6.45, 7) is 0. The smallest absolute Gasteiger partial charge is 0.248 e. The summed E-state index contributed by atoms with van der Waals surface area (Å²) >= 11 is 0. The van der Waals surface area contributed by atoms with Crippen LogP contribution in [0, 0.1) is 5.82 Å². The zero-order valence-corrected chi connectivity index (χ0v) is 10.3. The number of hydrogen-bond donors (Lipinski definition) is 2. The molecule has 20 heavy (non-hydrogen) atoms. The molecule has 0 aliphatic rings. The van der Waals surface area contributed by atoms with Gasteiger partial charge >= 0.3 is 6.18 Å². The molecule has 11 heteroatoms. The highest BCUT2D eigenvalue weighted by Gasteiger charge is 2.34. The molecule has 0 saturated carbocycles. The molecule has 0 aliphatic carbocycles. The fourth-order valence-corrected chi connectivity index (χ4v) is 1.77. The Balaban J connectivity index is 2.52. The number of hydrogen-bond acceptors (Lipinski definition) is 4. The lowest BCUT2D eigenvalue weighted by Gasteiger charge is -2.08. The predicted octanol–water partition coefficient (Wildman–Crippen LogP) is 1.28. The van der Waals surface area contributed by atoms with E-state index in [1.807, 2.05) is 5.10 Å². The minimum Gasteiger partial charge on any atom is -0.248 e. The molecule has 0 saturated heterocycles. The standard InChI is InChI=1S/C9H6F4N4O2S/c10-6-2-1-4(3-5(6)9(11,12)13)7-15-8(17-16-7)20(14,18)19/h1-3H,(H2,14,18,19)(H,15,16,17). The van der Waals surface area contributed by atoms with Crippen molar-refractivity contribution in [2.24, 2.45) is 5.14 Å². The third-order valence-corrected chi connectivity index (χ3v) is 2.99. The van der Waals surface area contributed by atoms with E-state index in [2.05, 4.69) is 10.1 Å². The van der Waals surface area contributed by atoms with Crippen molar-refractivity contribution >= 4 is 10.0 Å². The molecule has 0 unspecified atom stereocenters. The number of rotatable bonds is 2. The Hall–Kier alpha value is -2.01. The average molecular weight is 310 g/mol. The number of nitrogens with zero attached hydrogens (tertiary/aromatic N) is 2. The molecule has 0 spiro atoms. The van der Waals surface area contributed by atoms with E-state index in [0.29, 0.717) is 12.1 Å². The molecule has 0 amide bonds. The van der Waals surface area contributed by atoms with E-state index in [9.17, 15) is 26.0 Å². The Morgan fingerprint density at radius 3 is 2.40 bits per heavy atom. The van der Waals surface area contributed by atoms with Crippen LogP contribution in [0.3, 0.4) is 0 Å². The molecule has 1 aromatic heterocycles. The molecule has 3 N–H and O–H groups in total. The van der Waals surface area contributed by atoms with Crippen molar-refractivity contribution in [3.63, 3.8) is 0 Å². The molecule has 2 aromatic rings. The number of aromatic nitrogens is 3. The number of benzene rings is 1. The van der Waals surface area contributed by atoms with Gasteiger partial charge in [0.25, 0.3) is 15.2 Å². The van der Waals surface area contributed by atoms with Gasteiger partial charge in [-0.15, -0.1) is 0 Å². The normalized spacial score (nSPS) is 12.7. The summed E-state index contributed by atoms with van der Waals surface area (Å²) in [6, 6.07) is 2.05. The molecule has 0 aliphatic heterocycles. The van der Waals surface area contributed by atoms with E-state index < -0.39 is 32.7 Å². The molecule has 0 bridgehead atoms. The zero-order chi connectivity index (χ0) is 15.1. The number of sulfonamides is 1. The van der Waals surface area contributed by atoms with Crippen molar-refractivity contribution in [3.05, 3.63) is 29.6 Å². The summed E-state index contributed by atoms with van der Waals surface area (Å²) in [4.78, 5) is 3.44. The number of halogens is 4. The van der Waals surface area contributed by atoms with Gasteiger partial charge in [0.15, 0.2) is 5.82 Å². The zero-order valence-electron chi connectivity index (χ0n) is 9.44. The first-order valence-corrected chi connectivity index (χ1v) is 6.46. The minimum absolute atomic E-state index is 0.204. The number of nitrogens with one attached hydrogen (secondary N) is 1. The third kappa shape index (κ3) is 2.77. The maximum absolute atomic E-state index is 13.1. The molecule has 0 fully saturated rings. The van der Waals surface area contributed by atoms with Crippen molar-refractivity contribution in [3.8, 4) is 11.4 Å². The van der Waals surface area contributed by atoms with E-state index >= 15 is 0 Å². The van der Waals surface area contributed by atoms with Gasteiger partial charge in [-0.25, -0.2) is 23.0 Å². The lowest BCUT2D eigenvalue weighted by atomic mass is 10.1. The van der Waals surface area contributed by atoms with E-state index in [0.717, 1.165) is 6.07 Å². The van der Waals surface area contributed by atoms with Crippen LogP contribution in [0.2, 0.25) is 0 Å². The number of aromatic amines is 1. The molecule has 1 heterocycles. The van der Waals surface area contributed by atoms with Crippen LogP contribution >= 0.6 is 0 Å². The van der Waals surface area contributed by atoms with Gasteiger partial charge in [-0.1, -0.05) is 0 Å². The van der Waals surface area contributed by atoms with E-state index in [-0.39, 0.29) is 11.4 Å². The minimum atomic E-state index is -4.89. The largest absolute Gasteiger partial charge is 0.419 e. The van der Waals surface area contributed by atoms with Crippen molar-refractivity contribution in [1.29, 1.82) is 0 Å². The van der Waals surface area contributed by atoms with Gasteiger partial charge in [0.2, 0.25) is 0 Å². The Labute approximate surface area is 109 Å². The van der Waals surface area contributed by atoms with Crippen LogP contribution in [0.1, 0.15) is 5.56 Å². The molecule has 6 nitrogen and oxygen atoms in total. The molecular formula is C9H6F4N4O2S. The third-order valence-electron chi connectivity index (χ3n) is 2.26. The molecule has 108 valence electrons. The molecule has 1 aromatic carbocycles. The Bertz CT molecular complexity index is 754. The number of primary sulfonamides is 1. The van der Waals surface area contributed by atoms with E-state index in [1.165, 1.54) is 0 Å². The van der Waals surface area contributed by atoms with Gasteiger partial charge in [-0.2, -0.15) is 23.3 Å². The fourth-order valence-electron chi connectivity index (χ4n) is 1.38. The summed E-state index contributed by atoms with van der Waals surface area (Å²) in [7, 11) is -4.16. The first-order valence-electron chi connectivity index (χ1n) is 4.91. The predicted molar refractivity (Wildman–Crippen MR) is 58.2 cm³/mol. The van der Waals surface area contributed by atoms with Gasteiger partial charge in [0, 0.05) is 5.56 Å². The first kappa shape index (κ1) is 14.4. The lowest BCUT2D eigenvalue weighted by Crippen LogP contribution is -2.13. The van der Waals surface area contributed by atoms with E-state index in [4.69, 9.17) is 5.14 Å². The SMILES string of the molecule is NS(=O)(=O)c1nc(-c2ccc(F)c(C(F)(F)F)c2)n[nH]1. The van der Waals surface area contributed by atoms with Crippen LogP contribution in [0.5, 0.6) is 0 Å². The molecule has 2 rings (SSSR count). The topological polar surface area (TPSA) is 102 Å². The number of nitrogens with two attached hydrogens (primary N) is 1. The fraction of sp³-hybridized carbons (Fsp3) is 0.111. The van der Waals surface area contributed by atoms with Crippen LogP contribution in [0.4, 0.5) is 17.6 Å². The molecular weight excluding hydrogens is 304 g/mol.